The summed E-state index contributed by atoms with van der Waals surface area (Å²) in [5.74, 6) is 0.374. The Hall–Kier alpha value is -0.890. The Morgan fingerprint density at radius 3 is 2.46 bits per heavy atom. The molecule has 13 heavy (non-hydrogen) atoms. The maximum atomic E-state index is 13.3. The lowest BCUT2D eigenvalue weighted by Gasteiger charge is -2.18. The minimum atomic E-state index is -0.129. The molecule has 0 radical (unpaired) electrons. The van der Waals surface area contributed by atoms with E-state index in [4.69, 9.17) is 5.73 Å². The first kappa shape index (κ1) is 10.2. The van der Waals surface area contributed by atoms with Crippen molar-refractivity contribution >= 4 is 0 Å². The Bertz CT molecular complexity index is 273. The second-order valence-corrected chi connectivity index (χ2v) is 3.52. The zero-order valence-electron chi connectivity index (χ0n) is 8.13. The molecule has 72 valence electrons. The zero-order valence-corrected chi connectivity index (χ0v) is 8.13. The van der Waals surface area contributed by atoms with Crippen molar-refractivity contribution in [2.75, 3.05) is 6.54 Å². The van der Waals surface area contributed by atoms with Crippen molar-refractivity contribution in [1.82, 2.24) is 0 Å². The van der Waals surface area contributed by atoms with Gasteiger partial charge >= 0.3 is 0 Å². The van der Waals surface area contributed by atoms with Gasteiger partial charge in [0, 0.05) is 0 Å². The molecule has 1 aromatic carbocycles. The van der Waals surface area contributed by atoms with E-state index in [1.807, 2.05) is 26.0 Å². The van der Waals surface area contributed by atoms with E-state index in [1.165, 1.54) is 6.07 Å². The van der Waals surface area contributed by atoms with Gasteiger partial charge in [0.05, 0.1) is 0 Å². The summed E-state index contributed by atoms with van der Waals surface area (Å²) in [5, 5.41) is 0. The third-order valence-corrected chi connectivity index (χ3v) is 2.62. The first-order valence-corrected chi connectivity index (χ1v) is 4.61. The second kappa shape index (κ2) is 4.38. The molecular weight excluding hydrogens is 165 g/mol. The number of rotatable bonds is 3. The van der Waals surface area contributed by atoms with Crippen LogP contribution in [0.5, 0.6) is 0 Å². The summed E-state index contributed by atoms with van der Waals surface area (Å²) in [5.41, 5.74) is 6.30. The lowest BCUT2D eigenvalue weighted by atomic mass is 9.89. The standard InChI is InChI=1S/C11H16FN/c1-8(7-13)9(2)10-5-3-4-6-11(10)12/h3-6,8-9H,7,13H2,1-2H3. The van der Waals surface area contributed by atoms with Crippen molar-refractivity contribution in [3.63, 3.8) is 0 Å². The molecule has 2 N–H and O–H groups in total. The summed E-state index contributed by atoms with van der Waals surface area (Å²) < 4.78 is 13.3. The summed E-state index contributed by atoms with van der Waals surface area (Å²) >= 11 is 0. The van der Waals surface area contributed by atoms with E-state index >= 15 is 0 Å². The molecule has 0 amide bonds. The molecule has 1 nitrogen and oxygen atoms in total. The molecule has 2 unspecified atom stereocenters. The Labute approximate surface area is 78.8 Å². The first-order valence-electron chi connectivity index (χ1n) is 4.61. The molecule has 0 aromatic heterocycles. The van der Waals surface area contributed by atoms with Gasteiger partial charge < -0.3 is 5.73 Å². The molecule has 0 aliphatic heterocycles. The van der Waals surface area contributed by atoms with E-state index < -0.39 is 0 Å². The van der Waals surface area contributed by atoms with Crippen LogP contribution >= 0.6 is 0 Å². The van der Waals surface area contributed by atoms with Crippen LogP contribution in [0.25, 0.3) is 0 Å². The van der Waals surface area contributed by atoms with Gasteiger partial charge in [-0.3, -0.25) is 0 Å². The van der Waals surface area contributed by atoms with Crippen molar-refractivity contribution < 1.29 is 4.39 Å². The van der Waals surface area contributed by atoms with Crippen LogP contribution in [0.2, 0.25) is 0 Å². The van der Waals surface area contributed by atoms with Crippen LogP contribution in [0.4, 0.5) is 4.39 Å². The van der Waals surface area contributed by atoms with E-state index in [9.17, 15) is 4.39 Å². The summed E-state index contributed by atoms with van der Waals surface area (Å²) in [6.45, 7) is 4.64. The van der Waals surface area contributed by atoms with Gasteiger partial charge in [-0.2, -0.15) is 0 Å². The minimum absolute atomic E-state index is 0.129. The molecule has 0 fully saturated rings. The van der Waals surface area contributed by atoms with Crippen molar-refractivity contribution in [3.05, 3.63) is 35.6 Å². The molecule has 0 aliphatic carbocycles. The van der Waals surface area contributed by atoms with E-state index in [0.717, 1.165) is 5.56 Å². The Morgan fingerprint density at radius 1 is 1.31 bits per heavy atom. The quantitative estimate of drug-likeness (QED) is 0.761. The van der Waals surface area contributed by atoms with E-state index in [1.54, 1.807) is 6.07 Å². The number of hydrogen-bond acceptors (Lipinski definition) is 1. The van der Waals surface area contributed by atoms with Gasteiger partial charge in [-0.15, -0.1) is 0 Å². The summed E-state index contributed by atoms with van der Waals surface area (Å²) in [6.07, 6.45) is 0. The average Bonchev–Trinajstić information content (AvgIpc) is 2.16. The molecule has 0 saturated heterocycles. The smallest absolute Gasteiger partial charge is 0.126 e. The molecule has 2 atom stereocenters. The fourth-order valence-corrected chi connectivity index (χ4v) is 1.36. The van der Waals surface area contributed by atoms with E-state index in [2.05, 4.69) is 0 Å². The fourth-order valence-electron chi connectivity index (χ4n) is 1.36. The largest absolute Gasteiger partial charge is 0.330 e. The predicted octanol–water partition coefficient (Wildman–Crippen LogP) is 2.52. The van der Waals surface area contributed by atoms with Crippen LogP contribution in [-0.2, 0) is 0 Å². The third kappa shape index (κ3) is 2.28. The lowest BCUT2D eigenvalue weighted by Crippen LogP contribution is -2.17. The third-order valence-electron chi connectivity index (χ3n) is 2.62. The monoisotopic (exact) mass is 181 g/mol. The highest BCUT2D eigenvalue weighted by Crippen LogP contribution is 2.25. The van der Waals surface area contributed by atoms with Crippen molar-refractivity contribution in [1.29, 1.82) is 0 Å². The van der Waals surface area contributed by atoms with Gasteiger partial charge in [0.25, 0.3) is 0 Å². The molecule has 0 aliphatic rings. The van der Waals surface area contributed by atoms with E-state index in [-0.39, 0.29) is 11.7 Å². The Balaban J connectivity index is 2.88. The molecule has 0 heterocycles. The van der Waals surface area contributed by atoms with Crippen LogP contribution in [0.3, 0.4) is 0 Å². The molecule has 0 bridgehead atoms. The summed E-state index contributed by atoms with van der Waals surface area (Å²) in [4.78, 5) is 0. The minimum Gasteiger partial charge on any atom is -0.330 e. The molecule has 0 spiro atoms. The van der Waals surface area contributed by atoms with Crippen LogP contribution in [0.15, 0.2) is 24.3 Å². The van der Waals surface area contributed by atoms with Gasteiger partial charge in [0.1, 0.15) is 5.82 Å². The summed E-state index contributed by atoms with van der Waals surface area (Å²) in [7, 11) is 0. The SMILES string of the molecule is CC(CN)C(C)c1ccccc1F. The molecule has 2 heteroatoms. The topological polar surface area (TPSA) is 26.0 Å². The highest BCUT2D eigenvalue weighted by Gasteiger charge is 2.15. The van der Waals surface area contributed by atoms with Gasteiger partial charge in [-0.05, 0) is 30.0 Å². The fraction of sp³-hybridized carbons (Fsp3) is 0.455. The van der Waals surface area contributed by atoms with Crippen LogP contribution in [0, 0.1) is 11.7 Å². The van der Waals surface area contributed by atoms with Crippen molar-refractivity contribution in [2.45, 2.75) is 19.8 Å². The highest BCUT2D eigenvalue weighted by molar-refractivity contribution is 5.21. The normalized spacial score (nSPS) is 15.4. The number of hydrogen-bond donors (Lipinski definition) is 1. The van der Waals surface area contributed by atoms with Gasteiger partial charge in [0.15, 0.2) is 0 Å². The maximum absolute atomic E-state index is 13.3. The van der Waals surface area contributed by atoms with Gasteiger partial charge in [-0.1, -0.05) is 32.0 Å². The van der Waals surface area contributed by atoms with Crippen LogP contribution < -0.4 is 5.73 Å². The van der Waals surface area contributed by atoms with Crippen molar-refractivity contribution in [2.24, 2.45) is 11.7 Å². The van der Waals surface area contributed by atoms with Crippen LogP contribution in [-0.4, -0.2) is 6.54 Å². The maximum Gasteiger partial charge on any atom is 0.126 e. The number of benzene rings is 1. The highest BCUT2D eigenvalue weighted by atomic mass is 19.1. The Kier molecular flexibility index (Phi) is 3.43. The summed E-state index contributed by atoms with van der Waals surface area (Å²) in [6, 6.07) is 6.89. The molecule has 0 saturated carbocycles. The zero-order chi connectivity index (χ0) is 9.84. The van der Waals surface area contributed by atoms with Crippen molar-refractivity contribution in [3.8, 4) is 0 Å². The van der Waals surface area contributed by atoms with E-state index in [0.29, 0.717) is 12.5 Å². The van der Waals surface area contributed by atoms with Gasteiger partial charge in [-0.25, -0.2) is 4.39 Å². The van der Waals surface area contributed by atoms with Gasteiger partial charge in [0.2, 0.25) is 0 Å². The molecular formula is C11H16FN. The molecule has 1 rings (SSSR count). The molecule has 1 aromatic rings. The number of nitrogens with two attached hydrogens (primary N) is 1. The van der Waals surface area contributed by atoms with Crippen LogP contribution in [0.1, 0.15) is 25.3 Å². The average molecular weight is 181 g/mol. The number of halogens is 1. The lowest BCUT2D eigenvalue weighted by molar-refractivity contribution is 0.475. The predicted molar refractivity (Wildman–Crippen MR) is 53.0 cm³/mol. The second-order valence-electron chi connectivity index (χ2n) is 3.52. The Morgan fingerprint density at radius 2 is 1.92 bits per heavy atom. The first-order chi connectivity index (χ1) is 6.16.